The van der Waals surface area contributed by atoms with Crippen molar-refractivity contribution in [1.29, 1.82) is 0 Å². The molecule has 0 aromatic rings. The third-order valence-corrected chi connectivity index (χ3v) is 0.625. The predicted molar refractivity (Wildman–Crippen MR) is 29.0 cm³/mol. The Morgan fingerprint density at radius 1 is 1.09 bits per heavy atom. The summed E-state index contributed by atoms with van der Waals surface area (Å²) in [5, 5.41) is 7.31. The zero-order chi connectivity index (χ0) is 8.58. The first-order valence-electron chi connectivity index (χ1n) is 1.87. The number of carbonyl (C=O) groups is 1. The second-order valence-corrected chi connectivity index (χ2v) is 1.38. The minimum absolute atomic E-state index is 0. The number of alkyl halides is 5. The zero-order valence-corrected chi connectivity index (χ0v) is 6.37. The van der Waals surface area contributed by atoms with E-state index in [1.54, 1.807) is 0 Å². The van der Waals surface area contributed by atoms with Crippen molar-refractivity contribution >= 4 is 23.0 Å². The molecular formula is C3H2BrF5O2. The summed E-state index contributed by atoms with van der Waals surface area (Å²) < 4.78 is 55.5. The molecule has 0 unspecified atom stereocenters. The van der Waals surface area contributed by atoms with Gasteiger partial charge in [-0.05, 0) is 0 Å². The van der Waals surface area contributed by atoms with Crippen LogP contribution in [0.2, 0.25) is 0 Å². The Balaban J connectivity index is 0. The molecule has 0 heterocycles. The van der Waals surface area contributed by atoms with E-state index in [9.17, 15) is 26.7 Å². The largest absolute Gasteiger partial charge is 0.477 e. The van der Waals surface area contributed by atoms with E-state index in [2.05, 4.69) is 0 Å². The van der Waals surface area contributed by atoms with Gasteiger partial charge in [0, 0.05) is 0 Å². The Labute approximate surface area is 67.8 Å². The highest BCUT2D eigenvalue weighted by molar-refractivity contribution is 8.93. The van der Waals surface area contributed by atoms with E-state index in [1.165, 1.54) is 0 Å². The summed E-state index contributed by atoms with van der Waals surface area (Å²) in [6, 6.07) is 0. The summed E-state index contributed by atoms with van der Waals surface area (Å²) in [7, 11) is 0. The third-order valence-electron chi connectivity index (χ3n) is 0.625. The zero-order valence-electron chi connectivity index (χ0n) is 4.65. The number of aliphatic carboxylic acids is 1. The molecule has 68 valence electrons. The highest BCUT2D eigenvalue weighted by atomic mass is 79.9. The summed E-state index contributed by atoms with van der Waals surface area (Å²) in [6.45, 7) is 0. The molecule has 0 atom stereocenters. The van der Waals surface area contributed by atoms with E-state index in [4.69, 9.17) is 5.11 Å². The van der Waals surface area contributed by atoms with Gasteiger partial charge in [-0.15, -0.1) is 17.0 Å². The minimum Gasteiger partial charge on any atom is -0.477 e. The van der Waals surface area contributed by atoms with E-state index in [-0.39, 0.29) is 17.0 Å². The van der Waals surface area contributed by atoms with Crippen molar-refractivity contribution in [3.8, 4) is 0 Å². The van der Waals surface area contributed by atoms with E-state index < -0.39 is 18.1 Å². The number of carboxylic acids is 1. The fourth-order valence-electron chi connectivity index (χ4n) is 0.121. The van der Waals surface area contributed by atoms with E-state index >= 15 is 0 Å². The van der Waals surface area contributed by atoms with Crippen LogP contribution in [0.4, 0.5) is 22.0 Å². The number of hydrogen-bond acceptors (Lipinski definition) is 1. The normalized spacial score (nSPS) is 12.1. The van der Waals surface area contributed by atoms with Crippen molar-refractivity contribution in [1.82, 2.24) is 0 Å². The molecule has 2 nitrogen and oxygen atoms in total. The molecule has 0 spiro atoms. The third kappa shape index (κ3) is 2.60. The monoisotopic (exact) mass is 244 g/mol. The lowest BCUT2D eigenvalue weighted by Crippen LogP contribution is -2.43. The predicted octanol–water partition coefficient (Wildman–Crippen LogP) is 1.85. The molecule has 0 saturated heterocycles. The summed E-state index contributed by atoms with van der Waals surface area (Å²) in [5.74, 6) is -8.84. The lowest BCUT2D eigenvalue weighted by molar-refractivity contribution is -0.277. The van der Waals surface area contributed by atoms with E-state index in [0.29, 0.717) is 0 Å². The van der Waals surface area contributed by atoms with Gasteiger partial charge in [-0.3, -0.25) is 0 Å². The Kier molecular flexibility index (Phi) is 4.00. The van der Waals surface area contributed by atoms with Crippen molar-refractivity contribution in [3.05, 3.63) is 0 Å². The molecule has 0 amide bonds. The van der Waals surface area contributed by atoms with Crippen molar-refractivity contribution in [2.24, 2.45) is 0 Å². The van der Waals surface area contributed by atoms with Crippen molar-refractivity contribution in [2.45, 2.75) is 12.1 Å². The van der Waals surface area contributed by atoms with Crippen LogP contribution in [0.3, 0.4) is 0 Å². The van der Waals surface area contributed by atoms with Crippen LogP contribution in [0.5, 0.6) is 0 Å². The van der Waals surface area contributed by atoms with Crippen LogP contribution in [-0.4, -0.2) is 23.2 Å². The van der Waals surface area contributed by atoms with Gasteiger partial charge in [-0.2, -0.15) is 22.0 Å². The first kappa shape index (κ1) is 13.2. The van der Waals surface area contributed by atoms with Gasteiger partial charge in [0.2, 0.25) is 0 Å². The molecule has 1 N–H and O–H groups in total. The van der Waals surface area contributed by atoms with Crippen LogP contribution < -0.4 is 0 Å². The maximum absolute atomic E-state index is 11.3. The molecule has 0 aromatic heterocycles. The topological polar surface area (TPSA) is 37.3 Å². The number of halogens is 6. The smallest absolute Gasteiger partial charge is 0.465 e. The average Bonchev–Trinajstić information content (AvgIpc) is 1.62. The summed E-state index contributed by atoms with van der Waals surface area (Å²) >= 11 is 0. The minimum atomic E-state index is -6.02. The Hall–Kier alpha value is -0.400. The van der Waals surface area contributed by atoms with Gasteiger partial charge in [0.15, 0.2) is 0 Å². The Bertz CT molecular complexity index is 152. The lowest BCUT2D eigenvalue weighted by Gasteiger charge is -2.13. The first-order valence-corrected chi connectivity index (χ1v) is 1.87. The second-order valence-electron chi connectivity index (χ2n) is 1.38. The van der Waals surface area contributed by atoms with Gasteiger partial charge in [0.25, 0.3) is 0 Å². The Morgan fingerprint density at radius 2 is 1.36 bits per heavy atom. The van der Waals surface area contributed by atoms with Gasteiger partial charge < -0.3 is 5.11 Å². The Morgan fingerprint density at radius 3 is 1.36 bits per heavy atom. The second kappa shape index (κ2) is 3.33. The van der Waals surface area contributed by atoms with Crippen LogP contribution in [-0.2, 0) is 4.79 Å². The average molecular weight is 245 g/mol. The molecule has 0 aliphatic carbocycles. The highest BCUT2D eigenvalue weighted by Gasteiger charge is 2.64. The van der Waals surface area contributed by atoms with Crippen LogP contribution >= 0.6 is 17.0 Å². The molecule has 0 radical (unpaired) electrons. The summed E-state index contributed by atoms with van der Waals surface area (Å²) in [5.41, 5.74) is 0. The molecule has 0 fully saturated rings. The number of rotatable bonds is 1. The molecule has 0 rings (SSSR count). The number of hydrogen-bond donors (Lipinski definition) is 1. The van der Waals surface area contributed by atoms with Gasteiger partial charge in [-0.1, -0.05) is 0 Å². The van der Waals surface area contributed by atoms with Crippen LogP contribution in [0.15, 0.2) is 0 Å². The molecule has 0 bridgehead atoms. The summed E-state index contributed by atoms with van der Waals surface area (Å²) in [6.07, 6.45) is -6.02. The fourth-order valence-corrected chi connectivity index (χ4v) is 0.121. The molecule has 0 aromatic carbocycles. The maximum Gasteiger partial charge on any atom is 0.465 e. The van der Waals surface area contributed by atoms with Crippen LogP contribution in [0, 0.1) is 0 Å². The van der Waals surface area contributed by atoms with Crippen molar-refractivity contribution < 1.29 is 31.9 Å². The molecule has 0 aliphatic rings. The SMILES string of the molecule is Br.O=C(O)C(F)(F)C(F)(F)F. The molecular weight excluding hydrogens is 243 g/mol. The van der Waals surface area contributed by atoms with E-state index in [0.717, 1.165) is 0 Å². The van der Waals surface area contributed by atoms with Gasteiger partial charge >= 0.3 is 18.1 Å². The number of carboxylic acid groups (broad SMARTS) is 1. The summed E-state index contributed by atoms with van der Waals surface area (Å²) in [4.78, 5) is 9.20. The lowest BCUT2D eigenvalue weighted by atomic mass is 10.3. The van der Waals surface area contributed by atoms with Crippen LogP contribution in [0.1, 0.15) is 0 Å². The standard InChI is InChI=1S/C3HF5O2.BrH/c4-2(5,1(9)10)3(6,7)8;/h(H,9,10);1H. The molecule has 0 saturated carbocycles. The molecule has 8 heteroatoms. The van der Waals surface area contributed by atoms with Crippen molar-refractivity contribution in [3.63, 3.8) is 0 Å². The van der Waals surface area contributed by atoms with Gasteiger partial charge in [0.05, 0.1) is 0 Å². The quantitative estimate of drug-likeness (QED) is 0.715. The van der Waals surface area contributed by atoms with Crippen molar-refractivity contribution in [2.75, 3.05) is 0 Å². The fraction of sp³-hybridized carbons (Fsp3) is 0.667. The maximum atomic E-state index is 11.3. The van der Waals surface area contributed by atoms with Gasteiger partial charge in [0.1, 0.15) is 0 Å². The highest BCUT2D eigenvalue weighted by Crippen LogP contribution is 2.35. The molecule has 0 aliphatic heterocycles. The first-order chi connectivity index (χ1) is 4.19. The van der Waals surface area contributed by atoms with E-state index in [1.807, 2.05) is 0 Å². The molecule has 11 heavy (non-hydrogen) atoms. The van der Waals surface area contributed by atoms with Crippen LogP contribution in [0.25, 0.3) is 0 Å². The van der Waals surface area contributed by atoms with Gasteiger partial charge in [-0.25, -0.2) is 4.79 Å².